The van der Waals surface area contributed by atoms with Crippen molar-refractivity contribution < 1.29 is 19.1 Å². The van der Waals surface area contributed by atoms with Gasteiger partial charge in [0, 0.05) is 13.7 Å². The molecule has 0 unspecified atom stereocenters. The first-order chi connectivity index (χ1) is 9.54. The molecule has 0 aromatic heterocycles. The summed E-state index contributed by atoms with van der Waals surface area (Å²) < 4.78 is 4.82. The number of nitrogens with zero attached hydrogens (tertiary/aromatic N) is 1. The van der Waals surface area contributed by atoms with Crippen molar-refractivity contribution in [1.29, 1.82) is 0 Å². The first kappa shape index (κ1) is 14.2. The molecule has 0 saturated heterocycles. The third-order valence-electron chi connectivity index (χ3n) is 3.06. The van der Waals surface area contributed by atoms with Crippen molar-refractivity contribution in [3.63, 3.8) is 0 Å². The van der Waals surface area contributed by atoms with Gasteiger partial charge in [-0.05, 0) is 19.1 Å². The van der Waals surface area contributed by atoms with Gasteiger partial charge in [0.2, 0.25) is 5.91 Å². The molecule has 2 rings (SSSR count). The van der Waals surface area contributed by atoms with E-state index >= 15 is 0 Å². The van der Waals surface area contributed by atoms with Crippen LogP contribution in [0.5, 0.6) is 0 Å². The smallest absolute Gasteiger partial charge is 0.299 e. The van der Waals surface area contributed by atoms with Gasteiger partial charge in [-0.3, -0.25) is 19.3 Å². The summed E-state index contributed by atoms with van der Waals surface area (Å²) in [6, 6.07) is 5.16. The van der Waals surface area contributed by atoms with Crippen LogP contribution in [0.25, 0.3) is 0 Å². The highest BCUT2D eigenvalue weighted by molar-refractivity contribution is 6.52. The number of ketones is 1. The van der Waals surface area contributed by atoms with Crippen molar-refractivity contribution in [3.05, 3.63) is 29.3 Å². The van der Waals surface area contributed by atoms with Gasteiger partial charge in [-0.15, -0.1) is 0 Å². The Morgan fingerprint density at radius 2 is 2.10 bits per heavy atom. The van der Waals surface area contributed by atoms with E-state index in [0.29, 0.717) is 24.4 Å². The molecular formula is C14H16N2O4. The van der Waals surface area contributed by atoms with Crippen molar-refractivity contribution in [2.24, 2.45) is 0 Å². The molecule has 2 amide bonds. The zero-order valence-corrected chi connectivity index (χ0v) is 11.4. The predicted octanol–water partition coefficient (Wildman–Crippen LogP) is 0.287. The van der Waals surface area contributed by atoms with E-state index in [4.69, 9.17) is 4.74 Å². The number of methoxy groups -OCH3 is 1. The van der Waals surface area contributed by atoms with E-state index in [-0.39, 0.29) is 12.5 Å². The predicted molar refractivity (Wildman–Crippen MR) is 72.7 cm³/mol. The molecule has 0 fully saturated rings. The number of rotatable bonds is 5. The molecule has 0 aliphatic carbocycles. The SMILES string of the molecule is COCCNC(=O)CN1C(=O)C(=O)c2cc(C)ccc21. The van der Waals surface area contributed by atoms with E-state index in [1.165, 1.54) is 12.0 Å². The van der Waals surface area contributed by atoms with Crippen LogP contribution in [0.2, 0.25) is 0 Å². The summed E-state index contributed by atoms with van der Waals surface area (Å²) in [6.45, 7) is 2.45. The van der Waals surface area contributed by atoms with Gasteiger partial charge in [-0.1, -0.05) is 11.6 Å². The molecule has 1 aromatic carbocycles. The molecule has 20 heavy (non-hydrogen) atoms. The van der Waals surface area contributed by atoms with E-state index in [1.807, 2.05) is 6.92 Å². The second-order valence-electron chi connectivity index (χ2n) is 4.58. The molecule has 0 bridgehead atoms. The number of hydrogen-bond donors (Lipinski definition) is 1. The zero-order valence-electron chi connectivity index (χ0n) is 11.4. The number of benzene rings is 1. The zero-order chi connectivity index (χ0) is 14.7. The number of hydrogen-bond acceptors (Lipinski definition) is 4. The maximum atomic E-state index is 11.9. The average Bonchev–Trinajstić information content (AvgIpc) is 2.64. The van der Waals surface area contributed by atoms with Crippen LogP contribution < -0.4 is 10.2 Å². The van der Waals surface area contributed by atoms with Crippen LogP contribution in [-0.4, -0.2) is 44.4 Å². The van der Waals surface area contributed by atoms with E-state index in [9.17, 15) is 14.4 Å². The number of nitrogens with one attached hydrogen (secondary N) is 1. The van der Waals surface area contributed by atoms with E-state index < -0.39 is 11.7 Å². The molecule has 0 saturated carbocycles. The first-order valence-corrected chi connectivity index (χ1v) is 6.27. The van der Waals surface area contributed by atoms with Gasteiger partial charge in [-0.25, -0.2) is 0 Å². The summed E-state index contributed by atoms with van der Waals surface area (Å²) in [5, 5.41) is 2.62. The standard InChI is InChI=1S/C14H16N2O4/c1-9-3-4-11-10(7-9)13(18)14(19)16(11)8-12(17)15-5-6-20-2/h3-4,7H,5-6,8H2,1-2H3,(H,15,17). The van der Waals surface area contributed by atoms with Crippen molar-refractivity contribution in [2.45, 2.75) is 6.92 Å². The fourth-order valence-electron chi connectivity index (χ4n) is 2.06. The minimum Gasteiger partial charge on any atom is -0.383 e. The fraction of sp³-hybridized carbons (Fsp3) is 0.357. The molecule has 106 valence electrons. The maximum Gasteiger partial charge on any atom is 0.299 e. The Morgan fingerprint density at radius 1 is 1.35 bits per heavy atom. The van der Waals surface area contributed by atoms with Crippen molar-refractivity contribution >= 4 is 23.3 Å². The molecule has 0 radical (unpaired) electrons. The van der Waals surface area contributed by atoms with Gasteiger partial charge in [-0.2, -0.15) is 0 Å². The molecule has 1 aliphatic rings. The minimum atomic E-state index is -0.660. The number of amides is 2. The lowest BCUT2D eigenvalue weighted by Gasteiger charge is -2.16. The van der Waals surface area contributed by atoms with Gasteiger partial charge in [0.1, 0.15) is 6.54 Å². The van der Waals surface area contributed by atoms with Crippen molar-refractivity contribution in [3.8, 4) is 0 Å². The van der Waals surface area contributed by atoms with Crippen LogP contribution in [0.15, 0.2) is 18.2 Å². The van der Waals surface area contributed by atoms with E-state index in [1.54, 1.807) is 18.2 Å². The number of fused-ring (bicyclic) bond motifs is 1. The first-order valence-electron chi connectivity index (χ1n) is 6.27. The summed E-state index contributed by atoms with van der Waals surface area (Å²) in [5.41, 5.74) is 1.75. The quantitative estimate of drug-likeness (QED) is 0.619. The Bertz CT molecular complexity index is 568. The van der Waals surface area contributed by atoms with Crippen molar-refractivity contribution in [1.82, 2.24) is 5.32 Å². The Labute approximate surface area is 116 Å². The second kappa shape index (κ2) is 5.83. The second-order valence-corrected chi connectivity index (χ2v) is 4.58. The number of aryl methyl sites for hydroxylation is 1. The molecule has 1 N–H and O–H groups in total. The Morgan fingerprint density at radius 3 is 2.80 bits per heavy atom. The molecule has 1 aliphatic heterocycles. The van der Waals surface area contributed by atoms with Crippen LogP contribution >= 0.6 is 0 Å². The van der Waals surface area contributed by atoms with Gasteiger partial charge < -0.3 is 10.1 Å². The molecule has 0 atom stereocenters. The lowest BCUT2D eigenvalue weighted by atomic mass is 10.1. The van der Waals surface area contributed by atoms with Crippen LogP contribution in [0.3, 0.4) is 0 Å². The topological polar surface area (TPSA) is 75.7 Å². The van der Waals surface area contributed by atoms with Gasteiger partial charge >= 0.3 is 0 Å². The molecule has 6 heteroatoms. The molecule has 1 heterocycles. The number of carbonyl (C=O) groups is 3. The molecule has 0 spiro atoms. The van der Waals surface area contributed by atoms with Crippen LogP contribution in [0.1, 0.15) is 15.9 Å². The molecular weight excluding hydrogens is 260 g/mol. The third kappa shape index (κ3) is 2.70. The number of Topliss-reactive ketones (excluding diaryl/α,β-unsaturated/α-hetero) is 1. The Balaban J connectivity index is 2.12. The summed E-state index contributed by atoms with van der Waals surface area (Å²) in [7, 11) is 1.54. The Kier molecular flexibility index (Phi) is 4.14. The number of anilines is 1. The highest BCUT2D eigenvalue weighted by atomic mass is 16.5. The third-order valence-corrected chi connectivity index (χ3v) is 3.06. The number of ether oxygens (including phenoxy) is 1. The summed E-state index contributed by atoms with van der Waals surface area (Å²) in [6.07, 6.45) is 0. The van der Waals surface area contributed by atoms with Crippen LogP contribution in [0.4, 0.5) is 5.69 Å². The van der Waals surface area contributed by atoms with Gasteiger partial charge in [0.15, 0.2) is 0 Å². The summed E-state index contributed by atoms with van der Waals surface area (Å²) in [5.74, 6) is -1.54. The van der Waals surface area contributed by atoms with Gasteiger partial charge in [0.05, 0.1) is 17.9 Å². The average molecular weight is 276 g/mol. The molecule has 6 nitrogen and oxygen atoms in total. The summed E-state index contributed by atoms with van der Waals surface area (Å²) >= 11 is 0. The van der Waals surface area contributed by atoms with Gasteiger partial charge in [0.25, 0.3) is 11.7 Å². The summed E-state index contributed by atoms with van der Waals surface area (Å²) in [4.78, 5) is 36.7. The largest absolute Gasteiger partial charge is 0.383 e. The normalized spacial score (nSPS) is 13.6. The maximum absolute atomic E-state index is 11.9. The highest BCUT2D eigenvalue weighted by Crippen LogP contribution is 2.29. The van der Waals surface area contributed by atoms with Crippen LogP contribution in [0, 0.1) is 6.92 Å². The highest BCUT2D eigenvalue weighted by Gasteiger charge is 2.36. The fourth-order valence-corrected chi connectivity index (χ4v) is 2.06. The lowest BCUT2D eigenvalue weighted by molar-refractivity contribution is -0.122. The Hall–Kier alpha value is -2.21. The van der Waals surface area contributed by atoms with E-state index in [0.717, 1.165) is 5.56 Å². The van der Waals surface area contributed by atoms with Crippen LogP contribution in [-0.2, 0) is 14.3 Å². The van der Waals surface area contributed by atoms with E-state index in [2.05, 4.69) is 5.32 Å². The lowest BCUT2D eigenvalue weighted by Crippen LogP contribution is -2.41. The minimum absolute atomic E-state index is 0.162. The molecule has 1 aromatic rings. The van der Waals surface area contributed by atoms with Crippen molar-refractivity contribution in [2.75, 3.05) is 31.7 Å². The number of carbonyl (C=O) groups excluding carboxylic acids is 3. The monoisotopic (exact) mass is 276 g/mol.